The normalized spacial score (nSPS) is 11.3. The minimum atomic E-state index is -0.418. The maximum atomic E-state index is 13.0. The van der Waals surface area contributed by atoms with Crippen LogP contribution in [0.15, 0.2) is 58.5 Å². The lowest BCUT2D eigenvalue weighted by Gasteiger charge is -2.14. The Hall–Kier alpha value is -2.71. The maximum absolute atomic E-state index is 13.0. The van der Waals surface area contributed by atoms with Crippen molar-refractivity contribution in [2.45, 2.75) is 43.8 Å². The highest BCUT2D eigenvalue weighted by Gasteiger charge is 2.12. The van der Waals surface area contributed by atoms with Crippen molar-refractivity contribution in [3.05, 3.63) is 74.6 Å². The van der Waals surface area contributed by atoms with Gasteiger partial charge in [-0.3, -0.25) is 19.5 Å². The highest BCUT2D eigenvalue weighted by Crippen LogP contribution is 2.23. The molecule has 0 atom stereocenters. The molecule has 0 fully saturated rings. The lowest BCUT2D eigenvalue weighted by Crippen LogP contribution is -2.24. The van der Waals surface area contributed by atoms with Crippen molar-refractivity contribution in [3.8, 4) is 0 Å². The fourth-order valence-electron chi connectivity index (χ4n) is 2.86. The van der Waals surface area contributed by atoms with Crippen LogP contribution in [0, 0.1) is 10.1 Å². The van der Waals surface area contributed by atoms with Gasteiger partial charge in [-0.25, -0.2) is 4.98 Å². The minimum absolute atomic E-state index is 0.0599. The standard InChI is InChI=1S/C21H23N3O4S/c1-15(2)28-13-5-12-23-20(25)18-6-3-4-7-19(18)22-21(23)29-14-16-8-10-17(11-9-16)24(26)27/h3-4,6-11,15H,5,12-14H2,1-2H3. The van der Waals surface area contributed by atoms with Gasteiger partial charge in [-0.1, -0.05) is 36.0 Å². The van der Waals surface area contributed by atoms with Crippen molar-refractivity contribution in [1.82, 2.24) is 9.55 Å². The van der Waals surface area contributed by atoms with Gasteiger partial charge in [-0.2, -0.15) is 0 Å². The second kappa shape index (κ2) is 9.67. The number of nitro benzene ring substituents is 1. The second-order valence-electron chi connectivity index (χ2n) is 6.85. The molecule has 0 bridgehead atoms. The molecule has 0 radical (unpaired) electrons. The molecular weight excluding hydrogens is 390 g/mol. The molecule has 1 heterocycles. The Balaban J connectivity index is 1.83. The molecule has 1 aromatic heterocycles. The summed E-state index contributed by atoms with van der Waals surface area (Å²) in [5.74, 6) is 0.561. The van der Waals surface area contributed by atoms with E-state index in [1.54, 1.807) is 22.8 Å². The van der Waals surface area contributed by atoms with Crippen molar-refractivity contribution >= 4 is 28.4 Å². The van der Waals surface area contributed by atoms with E-state index in [4.69, 9.17) is 4.74 Å². The largest absolute Gasteiger partial charge is 0.379 e. The van der Waals surface area contributed by atoms with E-state index >= 15 is 0 Å². The van der Waals surface area contributed by atoms with Crippen LogP contribution in [0.5, 0.6) is 0 Å². The maximum Gasteiger partial charge on any atom is 0.269 e. The van der Waals surface area contributed by atoms with Crippen LogP contribution >= 0.6 is 11.8 Å². The zero-order valence-corrected chi connectivity index (χ0v) is 17.2. The summed E-state index contributed by atoms with van der Waals surface area (Å²) in [5.41, 5.74) is 1.59. The van der Waals surface area contributed by atoms with E-state index in [9.17, 15) is 14.9 Å². The van der Waals surface area contributed by atoms with Gasteiger partial charge in [0.2, 0.25) is 0 Å². The summed E-state index contributed by atoms with van der Waals surface area (Å²) >= 11 is 1.45. The topological polar surface area (TPSA) is 87.3 Å². The Bertz CT molecular complexity index is 1050. The molecule has 0 amide bonds. The predicted octanol–water partition coefficient (Wildman–Crippen LogP) is 4.41. The van der Waals surface area contributed by atoms with Gasteiger partial charge in [-0.05, 0) is 38.0 Å². The highest BCUT2D eigenvalue weighted by molar-refractivity contribution is 7.98. The molecule has 152 valence electrons. The molecule has 3 rings (SSSR count). The number of aromatic nitrogens is 2. The highest BCUT2D eigenvalue weighted by atomic mass is 32.2. The molecule has 0 saturated carbocycles. The molecule has 0 aliphatic carbocycles. The summed E-state index contributed by atoms with van der Waals surface area (Å²) in [6.45, 7) is 5.06. The van der Waals surface area contributed by atoms with Crippen LogP contribution in [0.25, 0.3) is 10.9 Å². The zero-order valence-electron chi connectivity index (χ0n) is 16.4. The van der Waals surface area contributed by atoms with Crippen LogP contribution in [0.3, 0.4) is 0 Å². The molecule has 0 saturated heterocycles. The minimum Gasteiger partial charge on any atom is -0.379 e. The predicted molar refractivity (Wildman–Crippen MR) is 114 cm³/mol. The van der Waals surface area contributed by atoms with Crippen LogP contribution in [0.2, 0.25) is 0 Å². The number of thioether (sulfide) groups is 1. The van der Waals surface area contributed by atoms with Crippen molar-refractivity contribution in [2.24, 2.45) is 0 Å². The molecule has 0 unspecified atom stereocenters. The van der Waals surface area contributed by atoms with Crippen LogP contribution < -0.4 is 5.56 Å². The Morgan fingerprint density at radius 3 is 2.59 bits per heavy atom. The van der Waals surface area contributed by atoms with E-state index in [0.717, 1.165) is 5.56 Å². The Morgan fingerprint density at radius 1 is 1.17 bits per heavy atom. The number of fused-ring (bicyclic) bond motifs is 1. The molecule has 0 aliphatic rings. The summed E-state index contributed by atoms with van der Waals surface area (Å²) in [6.07, 6.45) is 0.862. The lowest BCUT2D eigenvalue weighted by molar-refractivity contribution is -0.384. The monoisotopic (exact) mass is 413 g/mol. The van der Waals surface area contributed by atoms with Gasteiger partial charge < -0.3 is 4.74 Å². The average Bonchev–Trinajstić information content (AvgIpc) is 2.71. The van der Waals surface area contributed by atoms with Gasteiger partial charge in [0.25, 0.3) is 11.2 Å². The Morgan fingerprint density at radius 2 is 1.90 bits per heavy atom. The smallest absolute Gasteiger partial charge is 0.269 e. The third kappa shape index (κ3) is 5.42. The number of nitro groups is 1. The number of hydrogen-bond acceptors (Lipinski definition) is 6. The third-order valence-corrected chi connectivity index (χ3v) is 5.37. The molecule has 0 spiro atoms. The van der Waals surface area contributed by atoms with Crippen LogP contribution in [0.1, 0.15) is 25.8 Å². The van der Waals surface area contributed by atoms with E-state index in [1.165, 1.54) is 23.9 Å². The summed E-state index contributed by atoms with van der Waals surface area (Å²) < 4.78 is 7.29. The van der Waals surface area contributed by atoms with Gasteiger partial charge in [0, 0.05) is 31.0 Å². The first kappa shape index (κ1) is 21.0. The van der Waals surface area contributed by atoms with E-state index in [1.807, 2.05) is 32.0 Å². The van der Waals surface area contributed by atoms with Crippen molar-refractivity contribution in [2.75, 3.05) is 6.61 Å². The number of ether oxygens (including phenoxy) is 1. The molecule has 29 heavy (non-hydrogen) atoms. The Kier molecular flexibility index (Phi) is 7.00. The number of hydrogen-bond donors (Lipinski definition) is 0. The average molecular weight is 413 g/mol. The Labute approximate surface area is 172 Å². The molecule has 0 N–H and O–H groups in total. The first-order chi connectivity index (χ1) is 14.0. The van der Waals surface area contributed by atoms with E-state index in [2.05, 4.69) is 4.98 Å². The van der Waals surface area contributed by atoms with Crippen LogP contribution in [0.4, 0.5) is 5.69 Å². The molecule has 7 nitrogen and oxygen atoms in total. The lowest BCUT2D eigenvalue weighted by atomic mass is 10.2. The SMILES string of the molecule is CC(C)OCCCn1c(SCc2ccc([N+](=O)[O-])cc2)nc2ccccc2c1=O. The van der Waals surface area contributed by atoms with Gasteiger partial charge in [0.05, 0.1) is 21.9 Å². The van der Waals surface area contributed by atoms with Crippen molar-refractivity contribution < 1.29 is 9.66 Å². The number of nitrogens with zero attached hydrogens (tertiary/aromatic N) is 3. The van der Waals surface area contributed by atoms with E-state index < -0.39 is 4.92 Å². The van der Waals surface area contributed by atoms with Gasteiger partial charge in [0.1, 0.15) is 0 Å². The molecule has 8 heteroatoms. The molecule has 2 aromatic carbocycles. The second-order valence-corrected chi connectivity index (χ2v) is 7.80. The van der Waals surface area contributed by atoms with Crippen LogP contribution in [-0.4, -0.2) is 27.2 Å². The van der Waals surface area contributed by atoms with E-state index in [-0.39, 0.29) is 17.4 Å². The molecule has 0 aliphatic heterocycles. The van der Waals surface area contributed by atoms with Crippen molar-refractivity contribution in [3.63, 3.8) is 0 Å². The van der Waals surface area contributed by atoms with Gasteiger partial charge in [-0.15, -0.1) is 0 Å². The quantitative estimate of drug-likeness (QED) is 0.170. The fourth-order valence-corrected chi connectivity index (χ4v) is 3.84. The molecular formula is C21H23N3O4S. The fraction of sp³-hybridized carbons (Fsp3) is 0.333. The number of para-hydroxylation sites is 1. The molecule has 3 aromatic rings. The van der Waals surface area contributed by atoms with Crippen molar-refractivity contribution in [1.29, 1.82) is 0 Å². The summed E-state index contributed by atoms with van der Waals surface area (Å²) in [4.78, 5) is 28.1. The van der Waals surface area contributed by atoms with E-state index in [0.29, 0.717) is 41.4 Å². The number of rotatable bonds is 9. The van der Waals surface area contributed by atoms with Gasteiger partial charge >= 0.3 is 0 Å². The number of benzene rings is 2. The first-order valence-corrected chi connectivity index (χ1v) is 10.4. The summed E-state index contributed by atoms with van der Waals surface area (Å²) in [7, 11) is 0. The van der Waals surface area contributed by atoms with Gasteiger partial charge in [0.15, 0.2) is 5.16 Å². The third-order valence-electron chi connectivity index (χ3n) is 4.32. The van der Waals surface area contributed by atoms with Crippen LogP contribution in [-0.2, 0) is 17.0 Å². The zero-order chi connectivity index (χ0) is 20.8. The number of non-ortho nitro benzene ring substituents is 1. The summed E-state index contributed by atoms with van der Waals surface area (Å²) in [5, 5.41) is 12.0. The summed E-state index contributed by atoms with van der Waals surface area (Å²) in [6, 6.07) is 13.7. The first-order valence-electron chi connectivity index (χ1n) is 9.43.